The van der Waals surface area contributed by atoms with Crippen LogP contribution in [0.5, 0.6) is 0 Å². The van der Waals surface area contributed by atoms with E-state index in [-0.39, 0.29) is 22.3 Å². The molecule has 2 rings (SSSR count). The van der Waals surface area contributed by atoms with Crippen molar-refractivity contribution in [3.63, 3.8) is 0 Å². The monoisotopic (exact) mass is 269 g/mol. The van der Waals surface area contributed by atoms with Crippen molar-refractivity contribution in [2.75, 3.05) is 13.1 Å². The summed E-state index contributed by atoms with van der Waals surface area (Å²) < 4.78 is 0. The summed E-state index contributed by atoms with van der Waals surface area (Å²) >= 11 is 5.87. The van der Waals surface area contributed by atoms with Crippen molar-refractivity contribution < 1.29 is 9.72 Å². The Labute approximate surface area is 108 Å². The first-order chi connectivity index (χ1) is 8.59. The van der Waals surface area contributed by atoms with Crippen LogP contribution in [0, 0.1) is 10.1 Å². The molecule has 1 heterocycles. The number of hydrogen-bond acceptors (Lipinski definition) is 4. The molecule has 0 radical (unpaired) electrons. The fourth-order valence-electron chi connectivity index (χ4n) is 1.93. The molecule has 0 spiro atoms. The Morgan fingerprint density at radius 2 is 2.33 bits per heavy atom. The molecule has 1 saturated heterocycles. The van der Waals surface area contributed by atoms with E-state index in [0.717, 1.165) is 13.0 Å². The van der Waals surface area contributed by atoms with Crippen molar-refractivity contribution in [3.05, 3.63) is 38.9 Å². The second kappa shape index (κ2) is 5.32. The van der Waals surface area contributed by atoms with E-state index in [1.54, 1.807) is 0 Å². The van der Waals surface area contributed by atoms with Gasteiger partial charge in [0.15, 0.2) is 0 Å². The zero-order valence-electron chi connectivity index (χ0n) is 9.48. The number of nitro benzene ring substituents is 1. The van der Waals surface area contributed by atoms with Crippen LogP contribution in [0.25, 0.3) is 0 Å². The summed E-state index contributed by atoms with van der Waals surface area (Å²) in [5.41, 5.74) is -0.345. The van der Waals surface area contributed by atoms with E-state index >= 15 is 0 Å². The van der Waals surface area contributed by atoms with Crippen LogP contribution in [0.4, 0.5) is 5.69 Å². The van der Waals surface area contributed by atoms with Gasteiger partial charge in [-0.25, -0.2) is 0 Å². The predicted octanol–water partition coefficient (Wildman–Crippen LogP) is 1.34. The minimum atomic E-state index is -0.603. The molecule has 18 heavy (non-hydrogen) atoms. The summed E-state index contributed by atoms with van der Waals surface area (Å²) in [5, 5.41) is 16.8. The third-order valence-corrected chi connectivity index (χ3v) is 3.13. The molecule has 1 aliphatic rings. The molecule has 0 saturated carbocycles. The Bertz CT molecular complexity index is 486. The van der Waals surface area contributed by atoms with Crippen LogP contribution >= 0.6 is 11.6 Å². The van der Waals surface area contributed by atoms with E-state index in [1.807, 2.05) is 0 Å². The Morgan fingerprint density at radius 3 is 2.94 bits per heavy atom. The maximum Gasteiger partial charge on any atom is 0.283 e. The molecule has 0 bridgehead atoms. The summed E-state index contributed by atoms with van der Waals surface area (Å²) in [7, 11) is 0. The second-order valence-corrected chi connectivity index (χ2v) is 4.46. The van der Waals surface area contributed by atoms with Gasteiger partial charge in [-0.3, -0.25) is 14.9 Å². The fourth-order valence-corrected chi connectivity index (χ4v) is 2.18. The van der Waals surface area contributed by atoms with Crippen LogP contribution in [0.2, 0.25) is 5.02 Å². The summed E-state index contributed by atoms with van der Waals surface area (Å²) in [4.78, 5) is 22.3. The van der Waals surface area contributed by atoms with E-state index in [1.165, 1.54) is 18.2 Å². The smallest absolute Gasteiger partial charge is 0.283 e. The predicted molar refractivity (Wildman–Crippen MR) is 66.8 cm³/mol. The number of carbonyl (C=O) groups excluding carboxylic acids is 1. The minimum absolute atomic E-state index is 0.00613. The standard InChI is InChI=1S/C11H12ClN3O3/c12-8-2-1-3-9(15(17)18)10(8)11(16)14-7-4-5-13-6-7/h1-3,7,13H,4-6H2,(H,14,16)/t7-/m1/s1. The lowest BCUT2D eigenvalue weighted by atomic mass is 10.1. The first kappa shape index (κ1) is 12.8. The number of nitro groups is 1. The van der Waals surface area contributed by atoms with E-state index in [4.69, 9.17) is 11.6 Å². The van der Waals surface area contributed by atoms with E-state index in [0.29, 0.717) is 6.54 Å². The Morgan fingerprint density at radius 1 is 1.56 bits per heavy atom. The van der Waals surface area contributed by atoms with Gasteiger partial charge in [-0.15, -0.1) is 0 Å². The number of hydrogen-bond donors (Lipinski definition) is 2. The molecule has 6 nitrogen and oxygen atoms in total. The number of nitrogens with one attached hydrogen (secondary N) is 2. The molecular weight excluding hydrogens is 258 g/mol. The lowest BCUT2D eigenvalue weighted by Crippen LogP contribution is -2.36. The highest BCUT2D eigenvalue weighted by atomic mass is 35.5. The van der Waals surface area contributed by atoms with E-state index < -0.39 is 10.8 Å². The van der Waals surface area contributed by atoms with Crippen molar-refractivity contribution in [1.29, 1.82) is 0 Å². The first-order valence-electron chi connectivity index (χ1n) is 5.54. The molecule has 0 aliphatic carbocycles. The third-order valence-electron chi connectivity index (χ3n) is 2.81. The highest BCUT2D eigenvalue weighted by Gasteiger charge is 2.26. The van der Waals surface area contributed by atoms with Gasteiger partial charge >= 0.3 is 0 Å². The van der Waals surface area contributed by atoms with Gasteiger partial charge in [0.2, 0.25) is 0 Å². The van der Waals surface area contributed by atoms with Crippen molar-refractivity contribution >= 4 is 23.2 Å². The number of halogens is 1. The summed E-state index contributed by atoms with van der Waals surface area (Å²) in [5.74, 6) is -0.499. The molecule has 1 aliphatic heterocycles. The number of benzene rings is 1. The lowest BCUT2D eigenvalue weighted by molar-refractivity contribution is -0.385. The minimum Gasteiger partial charge on any atom is -0.348 e. The summed E-state index contributed by atoms with van der Waals surface area (Å²) in [6.45, 7) is 1.50. The Kier molecular flexibility index (Phi) is 3.78. The Hall–Kier alpha value is -1.66. The van der Waals surface area contributed by atoms with Crippen LogP contribution in [-0.2, 0) is 0 Å². The molecular formula is C11H12ClN3O3. The first-order valence-corrected chi connectivity index (χ1v) is 5.92. The second-order valence-electron chi connectivity index (χ2n) is 4.05. The number of rotatable bonds is 3. The average Bonchev–Trinajstić information content (AvgIpc) is 2.81. The van der Waals surface area contributed by atoms with E-state index in [9.17, 15) is 14.9 Å². The van der Waals surface area contributed by atoms with Crippen LogP contribution < -0.4 is 10.6 Å². The number of nitrogens with zero attached hydrogens (tertiary/aromatic N) is 1. The summed E-state index contributed by atoms with van der Waals surface area (Å²) in [6, 6.07) is 4.19. The molecule has 7 heteroatoms. The van der Waals surface area contributed by atoms with Gasteiger partial charge in [-0.05, 0) is 19.0 Å². The van der Waals surface area contributed by atoms with Gasteiger partial charge in [0.05, 0.1) is 9.95 Å². The third kappa shape index (κ3) is 2.60. The van der Waals surface area contributed by atoms with Crippen molar-refractivity contribution in [3.8, 4) is 0 Å². The van der Waals surface area contributed by atoms with E-state index in [2.05, 4.69) is 10.6 Å². The quantitative estimate of drug-likeness (QED) is 0.641. The van der Waals surface area contributed by atoms with Gasteiger partial charge in [-0.1, -0.05) is 17.7 Å². The van der Waals surface area contributed by atoms with Gasteiger partial charge in [0, 0.05) is 18.7 Å². The molecule has 1 atom stereocenters. The Balaban J connectivity index is 2.25. The highest BCUT2D eigenvalue weighted by molar-refractivity contribution is 6.34. The van der Waals surface area contributed by atoms with Gasteiger partial charge in [0.25, 0.3) is 11.6 Å². The lowest BCUT2D eigenvalue weighted by Gasteiger charge is -2.12. The van der Waals surface area contributed by atoms with Crippen molar-refractivity contribution in [1.82, 2.24) is 10.6 Å². The largest absolute Gasteiger partial charge is 0.348 e. The highest BCUT2D eigenvalue weighted by Crippen LogP contribution is 2.26. The van der Waals surface area contributed by atoms with Crippen LogP contribution in [0.15, 0.2) is 18.2 Å². The van der Waals surface area contributed by atoms with Crippen LogP contribution in [0.3, 0.4) is 0 Å². The van der Waals surface area contributed by atoms with Crippen molar-refractivity contribution in [2.24, 2.45) is 0 Å². The topological polar surface area (TPSA) is 84.3 Å². The zero-order valence-corrected chi connectivity index (χ0v) is 10.2. The van der Waals surface area contributed by atoms with Gasteiger partial charge < -0.3 is 10.6 Å². The maximum atomic E-state index is 12.0. The van der Waals surface area contributed by atoms with Crippen LogP contribution in [-0.4, -0.2) is 30.0 Å². The van der Waals surface area contributed by atoms with Gasteiger partial charge in [-0.2, -0.15) is 0 Å². The van der Waals surface area contributed by atoms with Crippen LogP contribution in [0.1, 0.15) is 16.8 Å². The molecule has 2 N–H and O–H groups in total. The maximum absolute atomic E-state index is 12.0. The molecule has 1 aromatic rings. The van der Waals surface area contributed by atoms with Gasteiger partial charge in [0.1, 0.15) is 5.56 Å². The molecule has 1 fully saturated rings. The molecule has 0 aromatic heterocycles. The molecule has 96 valence electrons. The number of amides is 1. The fraction of sp³-hybridized carbons (Fsp3) is 0.364. The SMILES string of the molecule is O=C(N[C@@H]1CCNC1)c1c(Cl)cccc1[N+](=O)[O-]. The summed E-state index contributed by atoms with van der Waals surface area (Å²) in [6.07, 6.45) is 0.810. The van der Waals surface area contributed by atoms with Crippen molar-refractivity contribution in [2.45, 2.75) is 12.5 Å². The number of carbonyl (C=O) groups is 1. The normalized spacial score (nSPS) is 18.6. The molecule has 0 unspecified atom stereocenters. The molecule has 1 amide bonds. The average molecular weight is 270 g/mol. The zero-order chi connectivity index (χ0) is 13.1. The molecule has 1 aromatic carbocycles.